The Balaban J connectivity index is 1.86. The van der Waals surface area contributed by atoms with Gasteiger partial charge in [-0.15, -0.1) is 0 Å². The van der Waals surface area contributed by atoms with Crippen LogP contribution in [0.2, 0.25) is 0 Å². The van der Waals surface area contributed by atoms with Crippen molar-refractivity contribution < 1.29 is 23.9 Å². The second-order valence-electron chi connectivity index (χ2n) is 6.84. The van der Waals surface area contributed by atoms with Gasteiger partial charge in [-0.2, -0.15) is 0 Å². The van der Waals surface area contributed by atoms with Crippen LogP contribution in [0.25, 0.3) is 0 Å². The highest BCUT2D eigenvalue weighted by Crippen LogP contribution is 2.16. The van der Waals surface area contributed by atoms with Gasteiger partial charge in [-0.3, -0.25) is 9.59 Å². The first-order chi connectivity index (χ1) is 13.9. The minimum atomic E-state index is -0.837. The molecular weight excluding hydrogens is 372 g/mol. The number of benzene rings is 2. The molecule has 0 fully saturated rings. The number of hydrogen-bond acceptors (Lipinski definition) is 5. The Morgan fingerprint density at radius 2 is 1.69 bits per heavy atom. The topological polar surface area (TPSA) is 93.7 Å². The highest BCUT2D eigenvalue weighted by molar-refractivity contribution is 5.93. The van der Waals surface area contributed by atoms with Gasteiger partial charge in [-0.1, -0.05) is 50.2 Å². The third kappa shape index (κ3) is 7.29. The molecule has 0 aromatic heterocycles. The quantitative estimate of drug-likeness (QED) is 0.633. The number of methoxy groups -OCH3 is 1. The van der Waals surface area contributed by atoms with Crippen LogP contribution in [0.1, 0.15) is 19.4 Å². The van der Waals surface area contributed by atoms with Crippen molar-refractivity contribution >= 4 is 23.5 Å². The van der Waals surface area contributed by atoms with Crippen LogP contribution >= 0.6 is 0 Å². The fraction of sp³-hybridized carbons (Fsp3) is 0.318. The lowest BCUT2D eigenvalue weighted by molar-refractivity contribution is -0.151. The molecule has 0 saturated carbocycles. The summed E-state index contributed by atoms with van der Waals surface area (Å²) in [6, 6.07) is 15.2. The number of carbonyl (C=O) groups is 3. The van der Waals surface area contributed by atoms with Gasteiger partial charge in [0, 0.05) is 11.8 Å². The number of esters is 1. The summed E-state index contributed by atoms with van der Waals surface area (Å²) in [6.07, 6.45) is 0.160. The van der Waals surface area contributed by atoms with Gasteiger partial charge in [-0.25, -0.2) is 4.79 Å². The maximum absolute atomic E-state index is 12.4. The zero-order chi connectivity index (χ0) is 21.2. The Bertz CT molecular complexity index is 836. The van der Waals surface area contributed by atoms with E-state index in [9.17, 15) is 14.4 Å². The smallest absolute Gasteiger partial charge is 0.329 e. The Morgan fingerprint density at radius 3 is 2.34 bits per heavy atom. The summed E-state index contributed by atoms with van der Waals surface area (Å²) >= 11 is 0. The number of nitrogens with one attached hydrogen (secondary N) is 2. The Labute approximate surface area is 170 Å². The second-order valence-corrected chi connectivity index (χ2v) is 6.84. The van der Waals surface area contributed by atoms with E-state index in [0.717, 1.165) is 5.56 Å². The molecule has 0 saturated heterocycles. The molecule has 0 heterocycles. The largest absolute Gasteiger partial charge is 0.497 e. The molecule has 7 nitrogen and oxygen atoms in total. The van der Waals surface area contributed by atoms with Gasteiger partial charge in [0.2, 0.25) is 5.91 Å². The lowest BCUT2D eigenvalue weighted by atomic mass is 10.0. The van der Waals surface area contributed by atoms with Crippen LogP contribution in [-0.4, -0.2) is 37.5 Å². The Morgan fingerprint density at radius 1 is 0.966 bits per heavy atom. The highest BCUT2D eigenvalue weighted by atomic mass is 16.5. The fourth-order valence-electron chi connectivity index (χ4n) is 2.63. The van der Waals surface area contributed by atoms with Crippen molar-refractivity contribution in [2.24, 2.45) is 5.92 Å². The summed E-state index contributed by atoms with van der Waals surface area (Å²) in [4.78, 5) is 36.7. The Hall–Kier alpha value is -3.35. The van der Waals surface area contributed by atoms with Crippen LogP contribution in [0, 0.1) is 5.92 Å². The van der Waals surface area contributed by atoms with E-state index in [-0.39, 0.29) is 18.2 Å². The third-order valence-corrected chi connectivity index (χ3v) is 4.14. The number of amides is 2. The van der Waals surface area contributed by atoms with Crippen LogP contribution in [0.3, 0.4) is 0 Å². The average molecular weight is 398 g/mol. The maximum Gasteiger partial charge on any atom is 0.329 e. The van der Waals surface area contributed by atoms with E-state index in [4.69, 9.17) is 9.47 Å². The van der Waals surface area contributed by atoms with Crippen LogP contribution < -0.4 is 15.4 Å². The summed E-state index contributed by atoms with van der Waals surface area (Å²) in [5.74, 6) is -1.01. The summed E-state index contributed by atoms with van der Waals surface area (Å²) in [6.45, 7) is 3.14. The summed E-state index contributed by atoms with van der Waals surface area (Å²) in [5.41, 5.74) is 1.38. The maximum atomic E-state index is 12.4. The standard InChI is InChI=1S/C22H26N2O5/c1-15(2)21(24-19(25)12-16-8-5-4-6-9-16)22(27)29-14-20(26)23-17-10-7-11-18(13-17)28-3/h4-11,13,15,21H,12,14H2,1-3H3,(H,23,26)(H,24,25)/t21-/m0/s1. The molecule has 2 amide bonds. The number of ether oxygens (including phenoxy) is 2. The highest BCUT2D eigenvalue weighted by Gasteiger charge is 2.26. The number of carbonyl (C=O) groups excluding carboxylic acids is 3. The van der Waals surface area contributed by atoms with E-state index in [0.29, 0.717) is 11.4 Å². The van der Waals surface area contributed by atoms with Crippen molar-refractivity contribution in [3.8, 4) is 5.75 Å². The molecule has 29 heavy (non-hydrogen) atoms. The van der Waals surface area contributed by atoms with Gasteiger partial charge in [0.25, 0.3) is 5.91 Å². The molecule has 0 aliphatic heterocycles. The lowest BCUT2D eigenvalue weighted by Gasteiger charge is -2.20. The van der Waals surface area contributed by atoms with Gasteiger partial charge < -0.3 is 20.1 Å². The molecule has 0 unspecified atom stereocenters. The van der Waals surface area contributed by atoms with Gasteiger partial charge in [-0.05, 0) is 23.6 Å². The second kappa shape index (κ2) is 10.8. The molecule has 2 aromatic carbocycles. The zero-order valence-corrected chi connectivity index (χ0v) is 16.8. The van der Waals surface area contributed by atoms with E-state index >= 15 is 0 Å². The van der Waals surface area contributed by atoms with Crippen molar-refractivity contribution in [1.29, 1.82) is 0 Å². The zero-order valence-electron chi connectivity index (χ0n) is 16.8. The monoisotopic (exact) mass is 398 g/mol. The molecule has 7 heteroatoms. The molecule has 0 bridgehead atoms. The number of rotatable bonds is 9. The SMILES string of the molecule is COc1cccc(NC(=O)COC(=O)[C@@H](NC(=O)Cc2ccccc2)C(C)C)c1. The van der Waals surface area contributed by atoms with Crippen molar-refractivity contribution in [3.63, 3.8) is 0 Å². The first-order valence-electron chi connectivity index (χ1n) is 9.33. The predicted molar refractivity (Wildman–Crippen MR) is 109 cm³/mol. The van der Waals surface area contributed by atoms with E-state index in [1.165, 1.54) is 7.11 Å². The molecular formula is C22H26N2O5. The first-order valence-corrected chi connectivity index (χ1v) is 9.33. The molecule has 0 radical (unpaired) electrons. The van der Waals surface area contributed by atoms with E-state index < -0.39 is 24.5 Å². The normalized spacial score (nSPS) is 11.4. The minimum absolute atomic E-state index is 0.160. The molecule has 0 aliphatic carbocycles. The van der Waals surface area contributed by atoms with Crippen LogP contribution in [0.5, 0.6) is 5.75 Å². The van der Waals surface area contributed by atoms with E-state index in [1.807, 2.05) is 30.3 Å². The number of anilines is 1. The molecule has 154 valence electrons. The van der Waals surface area contributed by atoms with Gasteiger partial charge in [0.1, 0.15) is 11.8 Å². The van der Waals surface area contributed by atoms with Crippen molar-refractivity contribution in [1.82, 2.24) is 5.32 Å². The molecule has 0 aliphatic rings. The fourth-order valence-corrected chi connectivity index (χ4v) is 2.63. The van der Waals surface area contributed by atoms with Gasteiger partial charge in [0.15, 0.2) is 6.61 Å². The van der Waals surface area contributed by atoms with Crippen LogP contribution in [0.4, 0.5) is 5.69 Å². The average Bonchev–Trinajstić information content (AvgIpc) is 2.71. The van der Waals surface area contributed by atoms with Crippen LogP contribution in [-0.2, 0) is 25.5 Å². The molecule has 1 atom stereocenters. The van der Waals surface area contributed by atoms with Gasteiger partial charge in [0.05, 0.1) is 13.5 Å². The first kappa shape index (κ1) is 21.9. The Kier molecular flexibility index (Phi) is 8.21. The van der Waals surface area contributed by atoms with E-state index in [1.54, 1.807) is 38.1 Å². The summed E-state index contributed by atoms with van der Waals surface area (Å²) < 4.78 is 10.2. The lowest BCUT2D eigenvalue weighted by Crippen LogP contribution is -2.46. The number of hydrogen-bond donors (Lipinski definition) is 2. The molecule has 2 rings (SSSR count). The van der Waals surface area contributed by atoms with Crippen LogP contribution in [0.15, 0.2) is 54.6 Å². The third-order valence-electron chi connectivity index (χ3n) is 4.14. The summed E-state index contributed by atoms with van der Waals surface area (Å²) in [7, 11) is 1.53. The predicted octanol–water partition coefficient (Wildman–Crippen LogP) is 2.56. The molecule has 2 N–H and O–H groups in total. The molecule has 2 aromatic rings. The van der Waals surface area contributed by atoms with Crippen molar-refractivity contribution in [2.45, 2.75) is 26.3 Å². The van der Waals surface area contributed by atoms with Crippen molar-refractivity contribution in [3.05, 3.63) is 60.2 Å². The minimum Gasteiger partial charge on any atom is -0.497 e. The van der Waals surface area contributed by atoms with Crippen molar-refractivity contribution in [2.75, 3.05) is 19.0 Å². The van der Waals surface area contributed by atoms with E-state index in [2.05, 4.69) is 10.6 Å². The molecule has 0 spiro atoms. The summed E-state index contributed by atoms with van der Waals surface area (Å²) in [5, 5.41) is 5.32. The van der Waals surface area contributed by atoms with Gasteiger partial charge >= 0.3 is 5.97 Å².